The highest BCUT2D eigenvalue weighted by Gasteiger charge is 2.25. The van der Waals surface area contributed by atoms with Crippen LogP contribution in [0.2, 0.25) is 0 Å². The average Bonchev–Trinajstić information content (AvgIpc) is 2.48. The first-order valence-corrected chi connectivity index (χ1v) is 7.76. The standard InChI is InChI=1S/C17H26N2O.ClH/c1-3-13-4-6-15(7-5-13)17(20)19-16-10-8-14(9-11-16)12(2)18;/h8-13,15H,3-7,18H2,1-2H3,(H,19,20);1H. The van der Waals surface area contributed by atoms with Gasteiger partial charge in [0.2, 0.25) is 5.91 Å². The Kier molecular flexibility index (Phi) is 7.20. The van der Waals surface area contributed by atoms with Crippen molar-refractivity contribution < 1.29 is 4.79 Å². The fourth-order valence-corrected chi connectivity index (χ4v) is 2.95. The summed E-state index contributed by atoms with van der Waals surface area (Å²) in [6.07, 6.45) is 5.69. The van der Waals surface area contributed by atoms with E-state index < -0.39 is 0 Å². The van der Waals surface area contributed by atoms with Crippen LogP contribution in [0.3, 0.4) is 0 Å². The zero-order chi connectivity index (χ0) is 14.5. The Balaban J connectivity index is 0.00000220. The fourth-order valence-electron chi connectivity index (χ4n) is 2.95. The minimum atomic E-state index is 0. The first-order chi connectivity index (χ1) is 9.60. The highest BCUT2D eigenvalue weighted by atomic mass is 35.5. The molecule has 21 heavy (non-hydrogen) atoms. The van der Waals surface area contributed by atoms with Crippen molar-refractivity contribution in [1.82, 2.24) is 0 Å². The van der Waals surface area contributed by atoms with Crippen molar-refractivity contribution >= 4 is 24.0 Å². The van der Waals surface area contributed by atoms with Crippen molar-refractivity contribution in [1.29, 1.82) is 0 Å². The van der Waals surface area contributed by atoms with Gasteiger partial charge < -0.3 is 11.1 Å². The van der Waals surface area contributed by atoms with Crippen LogP contribution in [-0.4, -0.2) is 5.91 Å². The number of nitrogens with two attached hydrogens (primary N) is 1. The quantitative estimate of drug-likeness (QED) is 0.872. The Morgan fingerprint density at radius 2 is 1.81 bits per heavy atom. The van der Waals surface area contributed by atoms with Crippen LogP contribution >= 0.6 is 12.4 Å². The zero-order valence-electron chi connectivity index (χ0n) is 13.0. The van der Waals surface area contributed by atoms with Crippen LogP contribution in [0.25, 0.3) is 0 Å². The van der Waals surface area contributed by atoms with Crippen molar-refractivity contribution in [3.8, 4) is 0 Å². The molecule has 0 spiro atoms. The molecule has 1 aliphatic rings. The lowest BCUT2D eigenvalue weighted by Gasteiger charge is -2.26. The molecule has 0 aromatic heterocycles. The topological polar surface area (TPSA) is 55.1 Å². The summed E-state index contributed by atoms with van der Waals surface area (Å²) in [5.41, 5.74) is 7.78. The molecule has 0 heterocycles. The van der Waals surface area contributed by atoms with Crippen LogP contribution in [0.1, 0.15) is 57.6 Å². The first-order valence-electron chi connectivity index (χ1n) is 7.76. The molecule has 118 valence electrons. The van der Waals surface area contributed by atoms with Crippen LogP contribution in [-0.2, 0) is 4.79 Å². The van der Waals surface area contributed by atoms with E-state index in [1.807, 2.05) is 31.2 Å². The molecule has 0 radical (unpaired) electrons. The predicted octanol–water partition coefficient (Wildman–Crippen LogP) is 4.28. The Bertz CT molecular complexity index is 437. The first kappa shape index (κ1) is 18.0. The van der Waals surface area contributed by atoms with E-state index in [0.717, 1.165) is 30.0 Å². The number of carbonyl (C=O) groups is 1. The lowest BCUT2D eigenvalue weighted by molar-refractivity contribution is -0.121. The third-order valence-electron chi connectivity index (χ3n) is 4.50. The van der Waals surface area contributed by atoms with E-state index >= 15 is 0 Å². The lowest BCUT2D eigenvalue weighted by Crippen LogP contribution is -2.27. The molecule has 0 bridgehead atoms. The summed E-state index contributed by atoms with van der Waals surface area (Å²) in [5, 5.41) is 3.03. The molecule has 1 aromatic rings. The van der Waals surface area contributed by atoms with Gasteiger partial charge in [0.05, 0.1) is 0 Å². The molecule has 1 aromatic carbocycles. The highest BCUT2D eigenvalue weighted by molar-refractivity contribution is 5.92. The maximum Gasteiger partial charge on any atom is 0.227 e. The molecule has 3 N–H and O–H groups in total. The summed E-state index contributed by atoms with van der Waals surface area (Å²) in [4.78, 5) is 12.2. The average molecular weight is 311 g/mol. The number of nitrogens with one attached hydrogen (secondary N) is 1. The summed E-state index contributed by atoms with van der Waals surface area (Å²) in [5.74, 6) is 1.18. The normalized spacial score (nSPS) is 23.0. The monoisotopic (exact) mass is 310 g/mol. The number of anilines is 1. The number of halogens is 1. The van der Waals surface area contributed by atoms with Crippen LogP contribution in [0, 0.1) is 11.8 Å². The third kappa shape index (κ3) is 5.01. The molecule has 1 aliphatic carbocycles. The Hall–Kier alpha value is -1.06. The minimum Gasteiger partial charge on any atom is -0.326 e. The summed E-state index contributed by atoms with van der Waals surface area (Å²) >= 11 is 0. The molecule has 0 saturated heterocycles. The fraction of sp³-hybridized carbons (Fsp3) is 0.588. The Morgan fingerprint density at radius 3 is 2.29 bits per heavy atom. The van der Waals surface area contributed by atoms with Gasteiger partial charge in [-0.2, -0.15) is 0 Å². The second kappa shape index (κ2) is 8.40. The highest BCUT2D eigenvalue weighted by Crippen LogP contribution is 2.31. The molecule has 4 heteroatoms. The van der Waals surface area contributed by atoms with E-state index in [9.17, 15) is 4.79 Å². The number of hydrogen-bond acceptors (Lipinski definition) is 2. The predicted molar refractivity (Wildman–Crippen MR) is 90.7 cm³/mol. The molecule has 1 atom stereocenters. The molecular weight excluding hydrogens is 284 g/mol. The number of rotatable bonds is 4. The largest absolute Gasteiger partial charge is 0.326 e. The molecule has 3 nitrogen and oxygen atoms in total. The molecule has 2 rings (SSSR count). The van der Waals surface area contributed by atoms with E-state index in [-0.39, 0.29) is 30.3 Å². The second-order valence-electron chi connectivity index (χ2n) is 6.03. The maximum absolute atomic E-state index is 12.2. The maximum atomic E-state index is 12.2. The van der Waals surface area contributed by atoms with Gasteiger partial charge in [-0.25, -0.2) is 0 Å². The summed E-state index contributed by atoms with van der Waals surface area (Å²) in [6.45, 7) is 4.20. The van der Waals surface area contributed by atoms with Crippen LogP contribution in [0.4, 0.5) is 5.69 Å². The van der Waals surface area contributed by atoms with Crippen molar-refractivity contribution in [2.75, 3.05) is 5.32 Å². The van der Waals surface area contributed by atoms with Crippen molar-refractivity contribution in [3.63, 3.8) is 0 Å². The van der Waals surface area contributed by atoms with Gasteiger partial charge in [-0.3, -0.25) is 4.79 Å². The Labute approximate surface area is 134 Å². The van der Waals surface area contributed by atoms with Crippen molar-refractivity contribution in [3.05, 3.63) is 29.8 Å². The molecular formula is C17H27ClN2O. The minimum absolute atomic E-state index is 0. The van der Waals surface area contributed by atoms with Gasteiger partial charge in [0, 0.05) is 17.6 Å². The van der Waals surface area contributed by atoms with Gasteiger partial charge in [-0.1, -0.05) is 25.5 Å². The molecule has 1 unspecified atom stereocenters. The van der Waals surface area contributed by atoms with E-state index in [4.69, 9.17) is 5.73 Å². The van der Waals surface area contributed by atoms with E-state index in [2.05, 4.69) is 12.2 Å². The van der Waals surface area contributed by atoms with E-state index in [0.29, 0.717) is 0 Å². The molecule has 1 saturated carbocycles. The van der Waals surface area contributed by atoms with Gasteiger partial charge in [-0.05, 0) is 56.2 Å². The summed E-state index contributed by atoms with van der Waals surface area (Å²) in [6, 6.07) is 7.87. The summed E-state index contributed by atoms with van der Waals surface area (Å²) in [7, 11) is 0. The Morgan fingerprint density at radius 1 is 1.24 bits per heavy atom. The number of hydrogen-bond donors (Lipinski definition) is 2. The van der Waals surface area contributed by atoms with E-state index in [1.165, 1.54) is 19.3 Å². The number of benzene rings is 1. The van der Waals surface area contributed by atoms with Crippen LogP contribution in [0.5, 0.6) is 0 Å². The van der Waals surface area contributed by atoms with Gasteiger partial charge in [0.25, 0.3) is 0 Å². The van der Waals surface area contributed by atoms with Crippen molar-refractivity contribution in [2.45, 2.75) is 52.0 Å². The van der Waals surface area contributed by atoms with Crippen LogP contribution < -0.4 is 11.1 Å². The van der Waals surface area contributed by atoms with E-state index in [1.54, 1.807) is 0 Å². The van der Waals surface area contributed by atoms with Gasteiger partial charge in [-0.15, -0.1) is 12.4 Å². The smallest absolute Gasteiger partial charge is 0.227 e. The number of carbonyl (C=O) groups excluding carboxylic acids is 1. The zero-order valence-corrected chi connectivity index (χ0v) is 13.8. The SMILES string of the molecule is CCC1CCC(C(=O)Nc2ccc(C(C)N)cc2)CC1.Cl. The number of amides is 1. The molecule has 1 fully saturated rings. The van der Waals surface area contributed by atoms with Gasteiger partial charge >= 0.3 is 0 Å². The van der Waals surface area contributed by atoms with Crippen LogP contribution in [0.15, 0.2) is 24.3 Å². The van der Waals surface area contributed by atoms with Crippen molar-refractivity contribution in [2.24, 2.45) is 17.6 Å². The molecule has 0 aliphatic heterocycles. The van der Waals surface area contributed by atoms with Gasteiger partial charge in [0.15, 0.2) is 0 Å². The second-order valence-corrected chi connectivity index (χ2v) is 6.03. The lowest BCUT2D eigenvalue weighted by atomic mass is 9.80. The third-order valence-corrected chi connectivity index (χ3v) is 4.50. The van der Waals surface area contributed by atoms with Gasteiger partial charge in [0.1, 0.15) is 0 Å². The summed E-state index contributed by atoms with van der Waals surface area (Å²) < 4.78 is 0. The molecule has 1 amide bonds.